The van der Waals surface area contributed by atoms with Gasteiger partial charge >= 0.3 is 12.1 Å². The third-order valence-corrected chi connectivity index (χ3v) is 6.63. The lowest BCUT2D eigenvalue weighted by atomic mass is 10.1. The third-order valence-electron chi connectivity index (χ3n) is 4.72. The summed E-state index contributed by atoms with van der Waals surface area (Å²) in [6.45, 7) is 0.519. The van der Waals surface area contributed by atoms with Gasteiger partial charge in [-0.05, 0) is 48.0 Å². The molecule has 8 nitrogen and oxygen atoms in total. The number of carbonyl (C=O) groups excluding carboxylic acids is 2. The van der Waals surface area contributed by atoms with Crippen LogP contribution in [0.2, 0.25) is 0 Å². The number of hydrogen-bond donors (Lipinski definition) is 1. The molecule has 0 spiro atoms. The molecule has 1 aliphatic heterocycles. The lowest BCUT2D eigenvalue weighted by molar-refractivity contribution is -0.142. The largest absolute Gasteiger partial charge is 0.452 e. The van der Waals surface area contributed by atoms with Gasteiger partial charge in [0.15, 0.2) is 6.61 Å². The Morgan fingerprint density at radius 1 is 1.09 bits per heavy atom. The van der Waals surface area contributed by atoms with Gasteiger partial charge in [0, 0.05) is 24.9 Å². The maximum Gasteiger partial charge on any atom is 0.416 e. The normalized spacial score (nSPS) is 15.3. The Labute approximate surface area is 194 Å². The highest BCUT2D eigenvalue weighted by Crippen LogP contribution is 2.29. The van der Waals surface area contributed by atoms with Gasteiger partial charge in [-0.25, -0.2) is 13.2 Å². The molecule has 1 fully saturated rings. The summed E-state index contributed by atoms with van der Waals surface area (Å²) < 4.78 is 74.6. The lowest BCUT2D eigenvalue weighted by Gasteiger charge is -2.26. The Bertz CT molecular complexity index is 1160. The average molecular weight is 498 g/mol. The number of esters is 1. The van der Waals surface area contributed by atoms with Gasteiger partial charge in [0.1, 0.15) is 0 Å². The van der Waals surface area contributed by atoms with E-state index in [1.807, 2.05) is 0 Å². The van der Waals surface area contributed by atoms with Crippen molar-refractivity contribution in [1.82, 2.24) is 4.31 Å². The fourth-order valence-electron chi connectivity index (χ4n) is 3.01. The quantitative estimate of drug-likeness (QED) is 0.465. The van der Waals surface area contributed by atoms with Crippen LogP contribution in [-0.2, 0) is 35.3 Å². The highest BCUT2D eigenvalue weighted by atomic mass is 32.2. The molecule has 12 heteroatoms. The van der Waals surface area contributed by atoms with Crippen molar-refractivity contribution in [2.45, 2.75) is 11.1 Å². The number of hydrogen-bond acceptors (Lipinski definition) is 6. The van der Waals surface area contributed by atoms with E-state index in [0.29, 0.717) is 18.9 Å². The molecule has 0 unspecified atom stereocenters. The second-order valence-corrected chi connectivity index (χ2v) is 9.09. The first-order valence-corrected chi connectivity index (χ1v) is 11.5. The van der Waals surface area contributed by atoms with Gasteiger partial charge in [0.05, 0.1) is 23.7 Å². The minimum Gasteiger partial charge on any atom is -0.452 e. The first kappa shape index (κ1) is 25.4. The summed E-state index contributed by atoms with van der Waals surface area (Å²) in [4.78, 5) is 23.8. The molecule has 1 amide bonds. The number of rotatable bonds is 7. The maximum absolute atomic E-state index is 12.7. The zero-order valence-electron chi connectivity index (χ0n) is 17.7. The Morgan fingerprint density at radius 3 is 2.41 bits per heavy atom. The standard InChI is InChI=1S/C22H21F3N2O6S/c23-22(24,25)17-3-1-2-16(14-17)4-9-21(29)33-15-20(28)26-18-5-7-19(8-6-18)34(30,31)27-10-12-32-13-11-27/h1-9,14H,10-13,15H2,(H,26,28)/b9-4+. The molecular weight excluding hydrogens is 477 g/mol. The molecule has 34 heavy (non-hydrogen) atoms. The van der Waals surface area contributed by atoms with Crippen LogP contribution in [0.5, 0.6) is 0 Å². The topological polar surface area (TPSA) is 102 Å². The molecule has 3 rings (SSSR count). The molecule has 2 aromatic carbocycles. The summed E-state index contributed by atoms with van der Waals surface area (Å²) >= 11 is 0. The number of halogens is 3. The monoisotopic (exact) mass is 498 g/mol. The number of ether oxygens (including phenoxy) is 2. The Hall–Kier alpha value is -3.22. The fraction of sp³-hybridized carbons (Fsp3) is 0.273. The highest BCUT2D eigenvalue weighted by molar-refractivity contribution is 7.89. The molecule has 1 N–H and O–H groups in total. The zero-order valence-corrected chi connectivity index (χ0v) is 18.6. The van der Waals surface area contributed by atoms with Gasteiger partial charge < -0.3 is 14.8 Å². The van der Waals surface area contributed by atoms with E-state index in [1.165, 1.54) is 40.7 Å². The fourth-order valence-corrected chi connectivity index (χ4v) is 4.42. The molecule has 0 atom stereocenters. The van der Waals surface area contributed by atoms with Crippen LogP contribution in [0, 0.1) is 0 Å². The minimum atomic E-state index is -4.51. The van der Waals surface area contributed by atoms with Gasteiger partial charge in [-0.1, -0.05) is 12.1 Å². The van der Waals surface area contributed by atoms with Crippen LogP contribution in [0.3, 0.4) is 0 Å². The summed E-state index contributed by atoms with van der Waals surface area (Å²) in [5.74, 6) is -1.59. The number of benzene rings is 2. The number of anilines is 1. The first-order chi connectivity index (χ1) is 16.1. The van der Waals surface area contributed by atoms with Gasteiger partial charge in [0.2, 0.25) is 10.0 Å². The van der Waals surface area contributed by atoms with Crippen LogP contribution in [-0.4, -0.2) is 57.5 Å². The van der Waals surface area contributed by atoms with E-state index in [9.17, 15) is 31.2 Å². The Balaban J connectivity index is 1.50. The highest BCUT2D eigenvalue weighted by Gasteiger charge is 2.30. The van der Waals surface area contributed by atoms with Crippen LogP contribution in [0.15, 0.2) is 59.5 Å². The van der Waals surface area contributed by atoms with Crippen molar-refractivity contribution in [1.29, 1.82) is 0 Å². The minimum absolute atomic E-state index is 0.0681. The summed E-state index contributed by atoms with van der Waals surface area (Å²) in [6.07, 6.45) is -2.45. The van der Waals surface area contributed by atoms with Crippen LogP contribution in [0.25, 0.3) is 6.08 Å². The SMILES string of the molecule is O=C(COC(=O)/C=C/c1cccc(C(F)(F)F)c1)Nc1ccc(S(=O)(=O)N2CCOCC2)cc1. The van der Waals surface area contributed by atoms with E-state index < -0.39 is 40.2 Å². The summed E-state index contributed by atoms with van der Waals surface area (Å²) in [6, 6.07) is 9.88. The molecule has 0 saturated carbocycles. The van der Waals surface area contributed by atoms with E-state index in [4.69, 9.17) is 9.47 Å². The molecule has 0 radical (unpaired) electrons. The maximum atomic E-state index is 12.7. The number of sulfonamides is 1. The molecule has 1 heterocycles. The molecule has 1 aliphatic rings. The number of carbonyl (C=O) groups is 2. The number of morpholine rings is 1. The van der Waals surface area contributed by atoms with Gasteiger partial charge in [-0.3, -0.25) is 4.79 Å². The number of alkyl halides is 3. The Kier molecular flexibility index (Phi) is 8.07. The summed E-state index contributed by atoms with van der Waals surface area (Å²) in [5.41, 5.74) is -0.420. The van der Waals surface area contributed by atoms with Crippen molar-refractivity contribution in [3.63, 3.8) is 0 Å². The number of nitrogens with zero attached hydrogens (tertiary/aromatic N) is 1. The second kappa shape index (κ2) is 10.8. The van der Waals surface area contributed by atoms with E-state index in [-0.39, 0.29) is 23.5 Å². The van der Waals surface area contributed by atoms with E-state index in [1.54, 1.807) is 0 Å². The van der Waals surface area contributed by atoms with Crippen LogP contribution in [0.4, 0.5) is 18.9 Å². The van der Waals surface area contributed by atoms with Crippen molar-refractivity contribution in [3.05, 3.63) is 65.7 Å². The average Bonchev–Trinajstić information content (AvgIpc) is 2.82. The van der Waals surface area contributed by atoms with E-state index >= 15 is 0 Å². The van der Waals surface area contributed by atoms with Crippen molar-refractivity contribution >= 4 is 33.7 Å². The predicted octanol–water partition coefficient (Wildman–Crippen LogP) is 2.92. The van der Waals surface area contributed by atoms with Crippen molar-refractivity contribution in [2.24, 2.45) is 0 Å². The van der Waals surface area contributed by atoms with E-state index in [0.717, 1.165) is 24.3 Å². The lowest BCUT2D eigenvalue weighted by Crippen LogP contribution is -2.40. The zero-order chi connectivity index (χ0) is 24.8. The number of amides is 1. The van der Waals surface area contributed by atoms with E-state index in [2.05, 4.69) is 5.32 Å². The van der Waals surface area contributed by atoms with Crippen molar-refractivity contribution in [3.8, 4) is 0 Å². The molecule has 182 valence electrons. The molecule has 0 aromatic heterocycles. The molecule has 0 bridgehead atoms. The first-order valence-electron chi connectivity index (χ1n) is 10.1. The number of nitrogens with one attached hydrogen (secondary N) is 1. The predicted molar refractivity (Wildman–Crippen MR) is 116 cm³/mol. The van der Waals surface area contributed by atoms with Gasteiger partial charge in [0.25, 0.3) is 5.91 Å². The third kappa shape index (κ3) is 6.89. The van der Waals surface area contributed by atoms with Gasteiger partial charge in [-0.15, -0.1) is 0 Å². The second-order valence-electron chi connectivity index (χ2n) is 7.15. The van der Waals surface area contributed by atoms with Crippen LogP contribution in [0.1, 0.15) is 11.1 Å². The Morgan fingerprint density at radius 2 is 1.76 bits per heavy atom. The van der Waals surface area contributed by atoms with Crippen molar-refractivity contribution in [2.75, 3.05) is 38.2 Å². The van der Waals surface area contributed by atoms with Crippen LogP contribution < -0.4 is 5.32 Å². The summed E-state index contributed by atoms with van der Waals surface area (Å²) in [7, 11) is -3.67. The van der Waals surface area contributed by atoms with Gasteiger partial charge in [-0.2, -0.15) is 17.5 Å². The molecular formula is C22H21F3N2O6S. The van der Waals surface area contributed by atoms with Crippen LogP contribution >= 0.6 is 0 Å². The van der Waals surface area contributed by atoms with Crippen molar-refractivity contribution < 1.29 is 40.7 Å². The molecule has 2 aromatic rings. The summed E-state index contributed by atoms with van der Waals surface area (Å²) in [5, 5.41) is 2.46. The smallest absolute Gasteiger partial charge is 0.416 e. The molecule has 1 saturated heterocycles. The molecule has 0 aliphatic carbocycles.